The number of carbonyl (C=O) groups is 2. The molecular formula is C16H17BrN2O2S. The van der Waals surface area contributed by atoms with Crippen molar-refractivity contribution in [1.29, 1.82) is 0 Å². The smallest absolute Gasteiger partial charge is 0.260 e. The third-order valence-corrected chi connectivity index (χ3v) is 4.77. The summed E-state index contributed by atoms with van der Waals surface area (Å²) in [7, 11) is 0. The van der Waals surface area contributed by atoms with Gasteiger partial charge in [-0.05, 0) is 37.0 Å². The molecule has 0 aliphatic rings. The zero-order chi connectivity index (χ0) is 15.9. The van der Waals surface area contributed by atoms with Crippen molar-refractivity contribution in [3.63, 3.8) is 0 Å². The molecule has 2 N–H and O–H groups in total. The van der Waals surface area contributed by atoms with E-state index in [4.69, 9.17) is 5.73 Å². The molecule has 0 saturated heterocycles. The highest BCUT2D eigenvalue weighted by Gasteiger charge is 2.10. The van der Waals surface area contributed by atoms with Gasteiger partial charge in [-0.15, -0.1) is 11.3 Å². The molecule has 0 radical (unpaired) electrons. The molecule has 0 atom stereocenters. The van der Waals surface area contributed by atoms with Crippen molar-refractivity contribution in [2.75, 3.05) is 0 Å². The van der Waals surface area contributed by atoms with Crippen LogP contribution in [0.3, 0.4) is 0 Å². The number of ketones is 1. The summed E-state index contributed by atoms with van der Waals surface area (Å²) in [6.45, 7) is 0. The van der Waals surface area contributed by atoms with Crippen LogP contribution in [0.25, 0.3) is 0 Å². The highest BCUT2D eigenvalue weighted by Crippen LogP contribution is 2.15. The normalized spacial score (nSPS) is 10.6. The van der Waals surface area contributed by atoms with Crippen molar-refractivity contribution in [2.24, 2.45) is 5.73 Å². The fourth-order valence-electron chi connectivity index (χ4n) is 2.07. The van der Waals surface area contributed by atoms with E-state index < -0.39 is 5.91 Å². The summed E-state index contributed by atoms with van der Waals surface area (Å²) >= 11 is 4.61. The van der Waals surface area contributed by atoms with E-state index in [-0.39, 0.29) is 12.2 Å². The van der Waals surface area contributed by atoms with E-state index in [2.05, 4.69) is 33.0 Å². The average Bonchev–Trinajstić information content (AvgIpc) is 2.94. The quantitative estimate of drug-likeness (QED) is 0.711. The number of unbranched alkanes of at least 4 members (excludes halogenated alkanes) is 1. The summed E-state index contributed by atoms with van der Waals surface area (Å²) in [5, 5.41) is 0.659. The van der Waals surface area contributed by atoms with Crippen molar-refractivity contribution in [1.82, 2.24) is 4.98 Å². The molecular weight excluding hydrogens is 364 g/mol. The second-order valence-corrected chi connectivity index (χ2v) is 7.06. The maximum absolute atomic E-state index is 11.9. The lowest BCUT2D eigenvalue weighted by atomic mass is 10.1. The highest BCUT2D eigenvalue weighted by molar-refractivity contribution is 9.10. The van der Waals surface area contributed by atoms with Gasteiger partial charge >= 0.3 is 0 Å². The van der Waals surface area contributed by atoms with Crippen LogP contribution >= 0.6 is 27.3 Å². The zero-order valence-electron chi connectivity index (χ0n) is 12.0. The molecule has 2 aromatic rings. The summed E-state index contributed by atoms with van der Waals surface area (Å²) in [5.41, 5.74) is 6.44. The third kappa shape index (κ3) is 5.35. The standard InChI is InChI=1S/C16H17BrN2O2S/c17-12-7-5-11(6-8-12)3-1-2-4-13(20)9-15-19-10-14(22-15)16(18)21/h5-8,10H,1-4,9H2,(H2,18,21). The van der Waals surface area contributed by atoms with E-state index in [1.54, 1.807) is 0 Å². The number of aryl methyl sites for hydroxylation is 1. The number of amides is 1. The van der Waals surface area contributed by atoms with Crippen molar-refractivity contribution in [3.05, 3.63) is 50.4 Å². The van der Waals surface area contributed by atoms with E-state index in [0.29, 0.717) is 16.3 Å². The largest absolute Gasteiger partial charge is 0.365 e. The van der Waals surface area contributed by atoms with Gasteiger partial charge in [0.15, 0.2) is 0 Å². The molecule has 0 aliphatic carbocycles. The monoisotopic (exact) mass is 380 g/mol. The van der Waals surface area contributed by atoms with Crippen LogP contribution in [0.4, 0.5) is 0 Å². The number of halogens is 1. The summed E-state index contributed by atoms with van der Waals surface area (Å²) < 4.78 is 1.07. The maximum atomic E-state index is 11.9. The van der Waals surface area contributed by atoms with Gasteiger partial charge in [-0.2, -0.15) is 0 Å². The number of rotatable bonds is 8. The first-order valence-corrected chi connectivity index (χ1v) is 8.66. The second kappa shape index (κ2) is 8.19. The van der Waals surface area contributed by atoms with E-state index in [0.717, 1.165) is 23.7 Å². The summed E-state index contributed by atoms with van der Waals surface area (Å²) in [6, 6.07) is 8.23. The Labute approximate surface area is 141 Å². The molecule has 1 heterocycles. The minimum Gasteiger partial charge on any atom is -0.365 e. The van der Waals surface area contributed by atoms with Gasteiger partial charge in [0.25, 0.3) is 5.91 Å². The van der Waals surface area contributed by atoms with Gasteiger partial charge in [0.2, 0.25) is 0 Å². The molecule has 4 nitrogen and oxygen atoms in total. The van der Waals surface area contributed by atoms with Gasteiger partial charge in [-0.1, -0.05) is 28.1 Å². The van der Waals surface area contributed by atoms with Gasteiger partial charge in [0.1, 0.15) is 15.7 Å². The lowest BCUT2D eigenvalue weighted by Gasteiger charge is -2.02. The van der Waals surface area contributed by atoms with Crippen molar-refractivity contribution in [3.8, 4) is 0 Å². The average molecular weight is 381 g/mol. The van der Waals surface area contributed by atoms with Crippen LogP contribution in [-0.4, -0.2) is 16.7 Å². The first-order chi connectivity index (χ1) is 10.5. The van der Waals surface area contributed by atoms with Gasteiger partial charge in [-0.3, -0.25) is 9.59 Å². The van der Waals surface area contributed by atoms with Crippen LogP contribution in [-0.2, 0) is 17.6 Å². The van der Waals surface area contributed by atoms with E-state index in [9.17, 15) is 9.59 Å². The molecule has 0 unspecified atom stereocenters. The predicted octanol–water partition coefficient (Wildman–Crippen LogP) is 3.53. The van der Waals surface area contributed by atoms with E-state index >= 15 is 0 Å². The minimum atomic E-state index is -0.495. The van der Waals surface area contributed by atoms with Gasteiger partial charge in [0.05, 0.1) is 12.6 Å². The van der Waals surface area contributed by atoms with E-state index in [1.165, 1.54) is 23.1 Å². The Morgan fingerprint density at radius 1 is 1.18 bits per heavy atom. The molecule has 1 aromatic heterocycles. The number of Topliss-reactive ketones (excluding diaryl/α,β-unsaturated/α-hetero) is 1. The van der Waals surface area contributed by atoms with Gasteiger partial charge in [-0.25, -0.2) is 4.98 Å². The maximum Gasteiger partial charge on any atom is 0.260 e. The van der Waals surface area contributed by atoms with Crippen molar-refractivity contribution in [2.45, 2.75) is 32.1 Å². The fourth-order valence-corrected chi connectivity index (χ4v) is 3.13. The summed E-state index contributed by atoms with van der Waals surface area (Å²) in [5.74, 6) is -0.341. The summed E-state index contributed by atoms with van der Waals surface area (Å²) in [4.78, 5) is 27.3. The van der Waals surface area contributed by atoms with E-state index in [1.807, 2.05) is 12.1 Å². The zero-order valence-corrected chi connectivity index (χ0v) is 14.5. The summed E-state index contributed by atoms with van der Waals surface area (Å²) in [6.07, 6.45) is 5.09. The van der Waals surface area contributed by atoms with Crippen LogP contribution in [0.15, 0.2) is 34.9 Å². The van der Waals surface area contributed by atoms with Crippen molar-refractivity contribution >= 4 is 39.0 Å². The Morgan fingerprint density at radius 2 is 1.91 bits per heavy atom. The van der Waals surface area contributed by atoms with Gasteiger partial charge < -0.3 is 5.73 Å². The minimum absolute atomic E-state index is 0.154. The lowest BCUT2D eigenvalue weighted by molar-refractivity contribution is -0.118. The number of nitrogens with zero attached hydrogens (tertiary/aromatic N) is 1. The Balaban J connectivity index is 1.69. The lowest BCUT2D eigenvalue weighted by Crippen LogP contribution is -2.08. The topological polar surface area (TPSA) is 73.1 Å². The van der Waals surface area contributed by atoms with Crippen LogP contribution in [0, 0.1) is 0 Å². The molecule has 2 rings (SSSR count). The number of thiazole rings is 1. The molecule has 6 heteroatoms. The molecule has 0 saturated carbocycles. The Bertz CT molecular complexity index is 652. The molecule has 1 amide bonds. The molecule has 1 aromatic carbocycles. The Hall–Kier alpha value is -1.53. The molecule has 116 valence electrons. The number of nitrogens with two attached hydrogens (primary N) is 1. The number of carbonyl (C=O) groups excluding carboxylic acids is 2. The second-order valence-electron chi connectivity index (χ2n) is 5.03. The fraction of sp³-hybridized carbons (Fsp3) is 0.312. The third-order valence-electron chi connectivity index (χ3n) is 3.23. The van der Waals surface area contributed by atoms with Crippen LogP contribution in [0.1, 0.15) is 39.5 Å². The number of primary amides is 1. The Kier molecular flexibility index (Phi) is 6.27. The Morgan fingerprint density at radius 3 is 2.55 bits per heavy atom. The first kappa shape index (κ1) is 16.8. The van der Waals surface area contributed by atoms with Crippen LogP contribution in [0.2, 0.25) is 0 Å². The molecule has 0 bridgehead atoms. The molecule has 22 heavy (non-hydrogen) atoms. The number of hydrogen-bond acceptors (Lipinski definition) is 4. The van der Waals surface area contributed by atoms with Crippen molar-refractivity contribution < 1.29 is 9.59 Å². The molecule has 0 spiro atoms. The number of hydrogen-bond donors (Lipinski definition) is 1. The molecule has 0 fully saturated rings. The SMILES string of the molecule is NC(=O)c1cnc(CC(=O)CCCCc2ccc(Br)cc2)s1. The predicted molar refractivity (Wildman–Crippen MR) is 91.0 cm³/mol. The number of benzene rings is 1. The first-order valence-electron chi connectivity index (χ1n) is 7.05. The van der Waals surface area contributed by atoms with Crippen LogP contribution in [0.5, 0.6) is 0 Å². The number of aromatic nitrogens is 1. The van der Waals surface area contributed by atoms with Crippen LogP contribution < -0.4 is 5.73 Å². The highest BCUT2D eigenvalue weighted by atomic mass is 79.9. The molecule has 0 aliphatic heterocycles. The van der Waals surface area contributed by atoms with Gasteiger partial charge in [0, 0.05) is 10.9 Å².